The summed E-state index contributed by atoms with van der Waals surface area (Å²) in [7, 11) is 0. The molecule has 0 radical (unpaired) electrons. The van der Waals surface area contributed by atoms with Crippen LogP contribution in [0.2, 0.25) is 5.02 Å². The van der Waals surface area contributed by atoms with Gasteiger partial charge < -0.3 is 10.0 Å². The van der Waals surface area contributed by atoms with Crippen LogP contribution in [-0.4, -0.2) is 35.2 Å². The zero-order valence-corrected chi connectivity index (χ0v) is 12.2. The third-order valence-electron chi connectivity index (χ3n) is 2.98. The molecule has 102 valence electrons. The zero-order chi connectivity index (χ0) is 13.8. The summed E-state index contributed by atoms with van der Waals surface area (Å²) in [6.07, 6.45) is 2.79. The Bertz CT molecular complexity index is 504. The molecule has 1 fully saturated rings. The Morgan fingerprint density at radius 3 is 3.05 bits per heavy atom. The van der Waals surface area contributed by atoms with E-state index in [0.717, 1.165) is 36.2 Å². The Hall–Kier alpha value is -1.13. The average Bonchev–Trinajstić information content (AvgIpc) is 2.37. The molecule has 1 saturated heterocycles. The van der Waals surface area contributed by atoms with Gasteiger partial charge in [-0.1, -0.05) is 24.6 Å². The largest absolute Gasteiger partial charge is 0.478 e. The van der Waals surface area contributed by atoms with Gasteiger partial charge >= 0.3 is 5.97 Å². The van der Waals surface area contributed by atoms with Crippen LogP contribution in [-0.2, 0) is 4.79 Å². The minimum atomic E-state index is -0.941. The SMILES string of the molecule is CC1CN(c2cc(Cl)ccc2/C=C/C(=O)O)CCS1. The van der Waals surface area contributed by atoms with Gasteiger partial charge in [-0.05, 0) is 23.8 Å². The second-order valence-corrected chi connectivity index (χ2v) is 6.48. The number of thioether (sulfide) groups is 1. The van der Waals surface area contributed by atoms with Gasteiger partial charge in [0.25, 0.3) is 0 Å². The van der Waals surface area contributed by atoms with Gasteiger partial charge in [0, 0.05) is 40.9 Å². The van der Waals surface area contributed by atoms with Crippen LogP contribution in [0.1, 0.15) is 12.5 Å². The first-order valence-corrected chi connectivity index (χ1v) is 7.56. The molecule has 0 bridgehead atoms. The molecule has 0 aromatic heterocycles. The first-order chi connectivity index (χ1) is 9.06. The van der Waals surface area contributed by atoms with Crippen molar-refractivity contribution >= 4 is 41.1 Å². The summed E-state index contributed by atoms with van der Waals surface area (Å²) < 4.78 is 0. The van der Waals surface area contributed by atoms with Gasteiger partial charge in [0.2, 0.25) is 0 Å². The quantitative estimate of drug-likeness (QED) is 0.868. The molecule has 3 nitrogen and oxygen atoms in total. The van der Waals surface area contributed by atoms with Crippen molar-refractivity contribution in [1.82, 2.24) is 0 Å². The van der Waals surface area contributed by atoms with Crippen LogP contribution >= 0.6 is 23.4 Å². The molecule has 1 atom stereocenters. The van der Waals surface area contributed by atoms with E-state index in [1.807, 2.05) is 23.9 Å². The molecule has 1 aromatic rings. The Kier molecular flexibility index (Phi) is 4.77. The standard InChI is InChI=1S/C14H16ClNO2S/c1-10-9-16(6-7-19-10)13-8-12(15)4-2-11(13)3-5-14(17)18/h2-5,8,10H,6-7,9H2,1H3,(H,17,18)/b5-3+. The van der Waals surface area contributed by atoms with Gasteiger partial charge in [0.05, 0.1) is 0 Å². The number of carboxylic acids is 1. The normalized spacial score (nSPS) is 19.9. The van der Waals surface area contributed by atoms with Crippen molar-refractivity contribution in [3.8, 4) is 0 Å². The van der Waals surface area contributed by atoms with Gasteiger partial charge in [-0.15, -0.1) is 0 Å². The number of aliphatic carboxylic acids is 1. The molecule has 1 aliphatic heterocycles. The molecule has 1 aliphatic rings. The number of hydrogen-bond donors (Lipinski definition) is 1. The molecule has 0 amide bonds. The van der Waals surface area contributed by atoms with Crippen LogP contribution < -0.4 is 4.90 Å². The second-order valence-electron chi connectivity index (χ2n) is 4.50. The van der Waals surface area contributed by atoms with Gasteiger partial charge in [0.1, 0.15) is 0 Å². The van der Waals surface area contributed by atoms with Gasteiger partial charge in [0.15, 0.2) is 0 Å². The Balaban J connectivity index is 2.31. The number of halogens is 1. The number of anilines is 1. The summed E-state index contributed by atoms with van der Waals surface area (Å²) in [5.41, 5.74) is 1.91. The van der Waals surface area contributed by atoms with E-state index in [1.165, 1.54) is 0 Å². The van der Waals surface area contributed by atoms with E-state index in [0.29, 0.717) is 10.3 Å². The molecule has 19 heavy (non-hydrogen) atoms. The molecule has 0 spiro atoms. The van der Waals surface area contributed by atoms with E-state index in [2.05, 4.69) is 11.8 Å². The summed E-state index contributed by atoms with van der Waals surface area (Å²) in [6.45, 7) is 4.12. The van der Waals surface area contributed by atoms with E-state index in [1.54, 1.807) is 12.1 Å². The van der Waals surface area contributed by atoms with Crippen LogP contribution in [0.4, 0.5) is 5.69 Å². The Morgan fingerprint density at radius 2 is 2.37 bits per heavy atom. The smallest absolute Gasteiger partial charge is 0.328 e. The van der Waals surface area contributed by atoms with Crippen LogP contribution in [0.5, 0.6) is 0 Å². The predicted octanol–water partition coefficient (Wildman–Crippen LogP) is 3.38. The van der Waals surface area contributed by atoms with Crippen molar-refractivity contribution in [2.45, 2.75) is 12.2 Å². The van der Waals surface area contributed by atoms with Crippen LogP contribution in [0, 0.1) is 0 Å². The summed E-state index contributed by atoms with van der Waals surface area (Å²) in [6, 6.07) is 5.56. The van der Waals surface area contributed by atoms with E-state index < -0.39 is 5.97 Å². The molecule has 0 saturated carbocycles. The molecular weight excluding hydrogens is 282 g/mol. The van der Waals surface area contributed by atoms with Gasteiger partial charge in [-0.3, -0.25) is 0 Å². The molecule has 1 heterocycles. The number of hydrogen-bond acceptors (Lipinski definition) is 3. The fourth-order valence-electron chi connectivity index (χ4n) is 2.13. The van der Waals surface area contributed by atoms with Crippen molar-refractivity contribution in [2.24, 2.45) is 0 Å². The zero-order valence-electron chi connectivity index (χ0n) is 10.7. The van der Waals surface area contributed by atoms with Gasteiger partial charge in [-0.2, -0.15) is 11.8 Å². The fourth-order valence-corrected chi connectivity index (χ4v) is 3.31. The number of carboxylic acid groups (broad SMARTS) is 1. The van der Waals surface area contributed by atoms with Gasteiger partial charge in [-0.25, -0.2) is 4.79 Å². The summed E-state index contributed by atoms with van der Waals surface area (Å²) in [5, 5.41) is 9.99. The first kappa shape index (κ1) is 14.3. The number of nitrogens with zero attached hydrogens (tertiary/aromatic N) is 1. The average molecular weight is 298 g/mol. The molecule has 5 heteroatoms. The maximum atomic E-state index is 10.6. The molecule has 1 unspecified atom stereocenters. The number of benzene rings is 1. The molecule has 1 aromatic carbocycles. The number of rotatable bonds is 3. The maximum Gasteiger partial charge on any atom is 0.328 e. The van der Waals surface area contributed by atoms with E-state index in [4.69, 9.17) is 16.7 Å². The minimum Gasteiger partial charge on any atom is -0.478 e. The lowest BCUT2D eigenvalue weighted by molar-refractivity contribution is -0.131. The van der Waals surface area contributed by atoms with E-state index >= 15 is 0 Å². The van der Waals surface area contributed by atoms with Crippen LogP contribution in [0.15, 0.2) is 24.3 Å². The third kappa shape index (κ3) is 3.91. The summed E-state index contributed by atoms with van der Waals surface area (Å²) in [5.74, 6) is 0.138. The number of carbonyl (C=O) groups is 1. The fraction of sp³-hybridized carbons (Fsp3) is 0.357. The lowest BCUT2D eigenvalue weighted by Crippen LogP contribution is -2.37. The van der Waals surface area contributed by atoms with Crippen molar-refractivity contribution in [1.29, 1.82) is 0 Å². The van der Waals surface area contributed by atoms with Crippen LogP contribution in [0.25, 0.3) is 6.08 Å². The predicted molar refractivity (Wildman–Crippen MR) is 82.3 cm³/mol. The Labute approximate surface area is 122 Å². The highest BCUT2D eigenvalue weighted by molar-refractivity contribution is 8.00. The van der Waals surface area contributed by atoms with E-state index in [-0.39, 0.29) is 0 Å². The second kappa shape index (κ2) is 6.35. The van der Waals surface area contributed by atoms with Crippen LogP contribution in [0.3, 0.4) is 0 Å². The topological polar surface area (TPSA) is 40.5 Å². The summed E-state index contributed by atoms with van der Waals surface area (Å²) in [4.78, 5) is 12.9. The van der Waals surface area contributed by atoms with Crippen molar-refractivity contribution in [3.05, 3.63) is 34.9 Å². The minimum absolute atomic E-state index is 0.573. The molecular formula is C14H16ClNO2S. The van der Waals surface area contributed by atoms with Crippen molar-refractivity contribution < 1.29 is 9.90 Å². The third-order valence-corrected chi connectivity index (χ3v) is 4.35. The molecule has 2 rings (SSSR count). The highest BCUT2D eigenvalue weighted by atomic mass is 35.5. The molecule has 1 N–H and O–H groups in total. The first-order valence-electron chi connectivity index (χ1n) is 6.13. The highest BCUT2D eigenvalue weighted by Crippen LogP contribution is 2.30. The molecule has 0 aliphatic carbocycles. The monoisotopic (exact) mass is 297 g/mol. The van der Waals surface area contributed by atoms with E-state index in [9.17, 15) is 4.79 Å². The summed E-state index contributed by atoms with van der Waals surface area (Å²) >= 11 is 8.02. The lowest BCUT2D eigenvalue weighted by atomic mass is 10.1. The Morgan fingerprint density at radius 1 is 1.58 bits per heavy atom. The lowest BCUT2D eigenvalue weighted by Gasteiger charge is -2.33. The maximum absolute atomic E-state index is 10.6. The highest BCUT2D eigenvalue weighted by Gasteiger charge is 2.19. The van der Waals surface area contributed by atoms with Crippen molar-refractivity contribution in [2.75, 3.05) is 23.7 Å². The van der Waals surface area contributed by atoms with Crippen molar-refractivity contribution in [3.63, 3.8) is 0 Å².